The Morgan fingerprint density at radius 1 is 1.50 bits per heavy atom. The van der Waals surface area contributed by atoms with Gasteiger partial charge < -0.3 is 9.84 Å². The minimum absolute atomic E-state index is 0.108. The molecule has 0 saturated carbocycles. The first-order valence-corrected chi connectivity index (χ1v) is 5.31. The van der Waals surface area contributed by atoms with Crippen LogP contribution in [-0.2, 0) is 6.54 Å². The largest absolute Gasteiger partial charge is 0.496 e. The molecule has 1 aromatic carbocycles. The minimum Gasteiger partial charge on any atom is -0.496 e. The average molecular weight is 259 g/mol. The number of carbonyl (C=O) groups is 1. The molecule has 100 valence electrons. The van der Waals surface area contributed by atoms with Crippen LogP contribution in [0.25, 0.3) is 0 Å². The van der Waals surface area contributed by atoms with E-state index >= 15 is 0 Å². The van der Waals surface area contributed by atoms with E-state index in [9.17, 15) is 13.6 Å². The third-order valence-corrected chi connectivity index (χ3v) is 2.42. The number of nitrogens with zero attached hydrogens (tertiary/aromatic N) is 1. The summed E-state index contributed by atoms with van der Waals surface area (Å²) in [6.45, 7) is -0.172. The first-order valence-electron chi connectivity index (χ1n) is 5.31. The van der Waals surface area contributed by atoms with Crippen molar-refractivity contribution in [2.45, 2.75) is 13.0 Å². The van der Waals surface area contributed by atoms with Crippen LogP contribution in [0.5, 0.6) is 5.75 Å². The van der Waals surface area contributed by atoms with Gasteiger partial charge >= 0.3 is 5.97 Å². The Bertz CT molecular complexity index is 424. The normalized spacial score (nSPS) is 11.0. The second-order valence-corrected chi connectivity index (χ2v) is 3.92. The summed E-state index contributed by atoms with van der Waals surface area (Å²) in [5.41, 5.74) is 0.678. The summed E-state index contributed by atoms with van der Waals surface area (Å²) in [5, 5.41) is 8.88. The van der Waals surface area contributed by atoms with E-state index in [4.69, 9.17) is 9.84 Å². The van der Waals surface area contributed by atoms with Crippen molar-refractivity contribution in [3.05, 3.63) is 29.3 Å². The Morgan fingerprint density at radius 3 is 2.67 bits per heavy atom. The van der Waals surface area contributed by atoms with Crippen molar-refractivity contribution in [3.8, 4) is 5.75 Å². The van der Waals surface area contributed by atoms with Crippen molar-refractivity contribution >= 4 is 5.97 Å². The molecule has 0 aliphatic rings. The fourth-order valence-corrected chi connectivity index (χ4v) is 1.63. The van der Waals surface area contributed by atoms with Crippen molar-refractivity contribution < 1.29 is 23.4 Å². The van der Waals surface area contributed by atoms with Crippen LogP contribution < -0.4 is 4.74 Å². The molecule has 0 bridgehead atoms. The molecule has 6 heteroatoms. The van der Waals surface area contributed by atoms with Crippen LogP contribution in [0.4, 0.5) is 8.78 Å². The van der Waals surface area contributed by atoms with Gasteiger partial charge in [0.2, 0.25) is 0 Å². The highest BCUT2D eigenvalue weighted by atomic mass is 19.3. The van der Waals surface area contributed by atoms with Crippen LogP contribution in [0.1, 0.15) is 15.9 Å². The average Bonchev–Trinajstić information content (AvgIpc) is 2.27. The maximum Gasteiger partial charge on any atom is 0.335 e. The Labute approximate surface area is 104 Å². The molecule has 1 aromatic rings. The first-order chi connectivity index (χ1) is 8.43. The van der Waals surface area contributed by atoms with Crippen molar-refractivity contribution in [3.63, 3.8) is 0 Å². The summed E-state index contributed by atoms with van der Waals surface area (Å²) >= 11 is 0. The summed E-state index contributed by atoms with van der Waals surface area (Å²) in [4.78, 5) is 12.3. The topological polar surface area (TPSA) is 49.8 Å². The monoisotopic (exact) mass is 259 g/mol. The number of aromatic carboxylic acids is 1. The number of halogens is 2. The van der Waals surface area contributed by atoms with E-state index in [2.05, 4.69) is 0 Å². The van der Waals surface area contributed by atoms with E-state index in [0.717, 1.165) is 0 Å². The van der Waals surface area contributed by atoms with Gasteiger partial charge in [-0.1, -0.05) is 0 Å². The summed E-state index contributed by atoms with van der Waals surface area (Å²) < 4.78 is 29.5. The number of carboxylic acid groups (broad SMARTS) is 1. The number of hydrogen-bond acceptors (Lipinski definition) is 3. The van der Waals surface area contributed by atoms with E-state index in [1.54, 1.807) is 7.05 Å². The van der Waals surface area contributed by atoms with Gasteiger partial charge in [-0.2, -0.15) is 0 Å². The molecule has 1 N–H and O–H groups in total. The van der Waals surface area contributed by atoms with Gasteiger partial charge in [0.05, 0.1) is 19.2 Å². The van der Waals surface area contributed by atoms with Crippen LogP contribution in [0.15, 0.2) is 18.2 Å². The Kier molecular flexibility index (Phi) is 5.03. The third-order valence-electron chi connectivity index (χ3n) is 2.42. The molecule has 0 saturated heterocycles. The van der Waals surface area contributed by atoms with Crippen molar-refractivity contribution in [1.82, 2.24) is 4.90 Å². The smallest absolute Gasteiger partial charge is 0.335 e. The van der Waals surface area contributed by atoms with Crippen molar-refractivity contribution in [2.24, 2.45) is 0 Å². The molecule has 0 amide bonds. The molecule has 0 atom stereocenters. The molecule has 0 aliphatic carbocycles. The van der Waals surface area contributed by atoms with Crippen LogP contribution in [-0.4, -0.2) is 43.1 Å². The SMILES string of the molecule is COc1ccc(C(=O)O)cc1CN(C)CC(F)F. The fourth-order valence-electron chi connectivity index (χ4n) is 1.63. The molecule has 0 heterocycles. The van der Waals surface area contributed by atoms with Gasteiger partial charge in [-0.3, -0.25) is 4.90 Å². The molecule has 0 fully saturated rings. The highest BCUT2D eigenvalue weighted by Gasteiger charge is 2.13. The lowest BCUT2D eigenvalue weighted by Crippen LogP contribution is -2.24. The zero-order chi connectivity index (χ0) is 13.7. The molecule has 0 radical (unpaired) electrons. The van der Waals surface area contributed by atoms with E-state index in [0.29, 0.717) is 11.3 Å². The maximum absolute atomic E-state index is 12.2. The van der Waals surface area contributed by atoms with Gasteiger partial charge in [0.25, 0.3) is 6.43 Å². The number of carboxylic acids is 1. The highest BCUT2D eigenvalue weighted by molar-refractivity contribution is 5.88. The molecule has 0 aromatic heterocycles. The second-order valence-electron chi connectivity index (χ2n) is 3.92. The lowest BCUT2D eigenvalue weighted by Gasteiger charge is -2.18. The Balaban J connectivity index is 2.90. The summed E-state index contributed by atoms with van der Waals surface area (Å²) in [5.74, 6) is -0.573. The van der Waals surface area contributed by atoms with Gasteiger partial charge in [0, 0.05) is 12.1 Å². The lowest BCUT2D eigenvalue weighted by atomic mass is 10.1. The zero-order valence-electron chi connectivity index (χ0n) is 10.2. The molecule has 1 rings (SSSR count). The van der Waals surface area contributed by atoms with E-state index in [1.807, 2.05) is 0 Å². The number of hydrogen-bond donors (Lipinski definition) is 1. The van der Waals surface area contributed by atoms with Crippen molar-refractivity contribution in [1.29, 1.82) is 0 Å². The van der Waals surface area contributed by atoms with Crippen LogP contribution in [0.2, 0.25) is 0 Å². The van der Waals surface area contributed by atoms with Crippen molar-refractivity contribution in [2.75, 3.05) is 20.7 Å². The van der Waals surface area contributed by atoms with Crippen LogP contribution in [0.3, 0.4) is 0 Å². The minimum atomic E-state index is -2.43. The standard InChI is InChI=1S/C12H15F2NO3/c1-15(7-11(13)14)6-9-5-8(12(16)17)3-4-10(9)18-2/h3-5,11H,6-7H2,1-2H3,(H,16,17). The summed E-state index contributed by atoms with van der Waals surface area (Å²) in [6, 6.07) is 4.37. The summed E-state index contributed by atoms with van der Waals surface area (Å²) in [6.07, 6.45) is -2.43. The number of rotatable bonds is 6. The zero-order valence-corrected chi connectivity index (χ0v) is 10.2. The molecule has 0 unspecified atom stereocenters. The van der Waals surface area contributed by atoms with Gasteiger partial charge in [0.1, 0.15) is 5.75 Å². The Morgan fingerprint density at radius 2 is 2.17 bits per heavy atom. The maximum atomic E-state index is 12.2. The quantitative estimate of drug-likeness (QED) is 0.849. The fraction of sp³-hybridized carbons (Fsp3) is 0.417. The number of benzene rings is 1. The van der Waals surface area contributed by atoms with E-state index in [1.165, 1.54) is 30.2 Å². The summed E-state index contributed by atoms with van der Waals surface area (Å²) in [7, 11) is 2.99. The third kappa shape index (κ3) is 3.96. The van der Waals surface area contributed by atoms with Gasteiger partial charge in [0.15, 0.2) is 0 Å². The van der Waals surface area contributed by atoms with Gasteiger partial charge in [-0.05, 0) is 25.2 Å². The molecule has 0 spiro atoms. The van der Waals surface area contributed by atoms with Crippen LogP contribution in [0, 0.1) is 0 Å². The molecular formula is C12H15F2NO3. The molecular weight excluding hydrogens is 244 g/mol. The molecule has 4 nitrogen and oxygen atoms in total. The number of methoxy groups -OCH3 is 1. The van der Waals surface area contributed by atoms with E-state index in [-0.39, 0.29) is 18.7 Å². The lowest BCUT2D eigenvalue weighted by molar-refractivity contribution is 0.0695. The van der Waals surface area contributed by atoms with Crippen LogP contribution >= 0.6 is 0 Å². The Hall–Kier alpha value is -1.69. The second kappa shape index (κ2) is 6.30. The first kappa shape index (κ1) is 14.4. The van der Waals surface area contributed by atoms with E-state index < -0.39 is 12.4 Å². The van der Waals surface area contributed by atoms with Gasteiger partial charge in [-0.15, -0.1) is 0 Å². The predicted octanol–water partition coefficient (Wildman–Crippen LogP) is 2.09. The number of alkyl halides is 2. The molecule has 18 heavy (non-hydrogen) atoms. The molecule has 0 aliphatic heterocycles. The predicted molar refractivity (Wildman–Crippen MR) is 62.3 cm³/mol. The van der Waals surface area contributed by atoms with Gasteiger partial charge in [-0.25, -0.2) is 13.6 Å². The number of ether oxygens (including phenoxy) is 1. The highest BCUT2D eigenvalue weighted by Crippen LogP contribution is 2.21.